The van der Waals surface area contributed by atoms with Gasteiger partial charge in [-0.15, -0.1) is 0 Å². The Bertz CT molecular complexity index is 1010. The van der Waals surface area contributed by atoms with Crippen LogP contribution >= 0.6 is 23.2 Å². The minimum Gasteiger partial charge on any atom is -0.270 e. The minimum absolute atomic E-state index is 0. The quantitative estimate of drug-likeness (QED) is 0.535. The molecule has 2 aliphatic rings. The van der Waals surface area contributed by atoms with Crippen LogP contribution in [0.1, 0.15) is 62.7 Å². The lowest BCUT2D eigenvalue weighted by Gasteiger charge is -2.13. The van der Waals surface area contributed by atoms with Crippen molar-refractivity contribution >= 4 is 46.8 Å². The van der Waals surface area contributed by atoms with Gasteiger partial charge in [0.25, 0.3) is 23.6 Å². The van der Waals surface area contributed by atoms with Gasteiger partial charge in [-0.3, -0.25) is 29.0 Å². The minimum atomic E-state index is -0.251. The van der Waals surface area contributed by atoms with Gasteiger partial charge in [-0.05, 0) is 49.3 Å². The molecule has 2 aliphatic heterocycles. The first-order valence-electron chi connectivity index (χ1n) is 9.72. The molecule has 0 spiro atoms. The van der Waals surface area contributed by atoms with Crippen molar-refractivity contribution in [2.45, 2.75) is 21.3 Å². The van der Waals surface area contributed by atoms with Gasteiger partial charge in [-0.2, -0.15) is 0 Å². The van der Waals surface area contributed by atoms with Crippen LogP contribution in [-0.4, -0.2) is 46.5 Å². The second-order valence-electron chi connectivity index (χ2n) is 7.39. The Kier molecular flexibility index (Phi) is 8.74. The van der Waals surface area contributed by atoms with Crippen molar-refractivity contribution < 1.29 is 19.2 Å². The fourth-order valence-corrected chi connectivity index (χ4v) is 3.47. The number of hydrogen-bond acceptors (Lipinski definition) is 4. The van der Waals surface area contributed by atoms with Crippen LogP contribution in [0.25, 0.3) is 0 Å². The molecule has 172 valence electrons. The van der Waals surface area contributed by atoms with E-state index >= 15 is 0 Å². The zero-order valence-electron chi connectivity index (χ0n) is 17.5. The second kappa shape index (κ2) is 11.1. The summed E-state index contributed by atoms with van der Waals surface area (Å²) in [5.41, 5.74) is 6.18. The van der Waals surface area contributed by atoms with Crippen LogP contribution in [0.3, 0.4) is 0 Å². The Morgan fingerprint density at radius 2 is 0.879 bits per heavy atom. The number of nitrogens with zero attached hydrogens (tertiary/aromatic N) is 2. The van der Waals surface area contributed by atoms with Gasteiger partial charge in [0, 0.05) is 11.1 Å². The average Bonchev–Trinajstić information content (AvgIpc) is 3.20. The van der Waals surface area contributed by atoms with Gasteiger partial charge in [0.05, 0.1) is 35.3 Å². The smallest absolute Gasteiger partial charge is 0.261 e. The van der Waals surface area contributed by atoms with Gasteiger partial charge >= 0.3 is 0 Å². The molecule has 0 aliphatic carbocycles. The number of benzene rings is 2. The highest BCUT2D eigenvalue weighted by Gasteiger charge is 2.35. The molecular formula is C25H24Cl2N2O4. The molecule has 2 aromatic rings. The molecule has 2 heterocycles. The maximum absolute atomic E-state index is 11.9. The van der Waals surface area contributed by atoms with E-state index in [-0.39, 0.29) is 44.1 Å². The first kappa shape index (κ1) is 26.0. The Morgan fingerprint density at radius 1 is 0.636 bits per heavy atom. The van der Waals surface area contributed by atoms with Crippen molar-refractivity contribution in [3.8, 4) is 0 Å². The van der Waals surface area contributed by atoms with Crippen LogP contribution < -0.4 is 0 Å². The predicted octanol–water partition coefficient (Wildman–Crippen LogP) is 5.49. The van der Waals surface area contributed by atoms with Crippen molar-refractivity contribution in [3.63, 3.8) is 0 Å². The molecule has 33 heavy (non-hydrogen) atoms. The van der Waals surface area contributed by atoms with Gasteiger partial charge in [0.2, 0.25) is 0 Å². The van der Waals surface area contributed by atoms with Crippen molar-refractivity contribution in [1.29, 1.82) is 0 Å². The summed E-state index contributed by atoms with van der Waals surface area (Å²) in [6.45, 7) is 4.04. The molecule has 0 atom stereocenters. The Labute approximate surface area is 203 Å². The second-order valence-corrected chi connectivity index (χ2v) is 7.83. The maximum atomic E-state index is 11.9. The largest absolute Gasteiger partial charge is 0.270 e. The Morgan fingerprint density at radius 3 is 1.09 bits per heavy atom. The van der Waals surface area contributed by atoms with Crippen molar-refractivity contribution in [3.05, 3.63) is 93.0 Å². The van der Waals surface area contributed by atoms with Gasteiger partial charge in [-0.1, -0.05) is 54.9 Å². The molecule has 0 aromatic heterocycles. The third-order valence-electron chi connectivity index (χ3n) is 4.94. The zero-order chi connectivity index (χ0) is 23.4. The molecule has 4 amide bonds. The number of rotatable bonds is 4. The number of fused-ring (bicyclic) bond motifs is 2. The summed E-state index contributed by atoms with van der Waals surface area (Å²) < 4.78 is 0. The van der Waals surface area contributed by atoms with Gasteiger partial charge in [0.1, 0.15) is 0 Å². The van der Waals surface area contributed by atoms with Gasteiger partial charge < -0.3 is 0 Å². The lowest BCUT2D eigenvalue weighted by atomic mass is 10.1. The van der Waals surface area contributed by atoms with Crippen LogP contribution in [0.15, 0.2) is 70.7 Å². The third kappa shape index (κ3) is 5.24. The van der Waals surface area contributed by atoms with Crippen molar-refractivity contribution in [1.82, 2.24) is 9.80 Å². The lowest BCUT2D eigenvalue weighted by Crippen LogP contribution is -2.31. The summed E-state index contributed by atoms with van der Waals surface area (Å²) in [5, 5.41) is 0. The van der Waals surface area contributed by atoms with E-state index in [1.54, 1.807) is 62.4 Å². The van der Waals surface area contributed by atoms with Crippen molar-refractivity contribution in [2.75, 3.05) is 13.1 Å². The monoisotopic (exact) mass is 486 g/mol. The highest BCUT2D eigenvalue weighted by atomic mass is 35.5. The summed E-state index contributed by atoms with van der Waals surface area (Å²) in [4.78, 5) is 50.0. The molecule has 4 rings (SSSR count). The first-order valence-corrected chi connectivity index (χ1v) is 10.6. The van der Waals surface area contributed by atoms with E-state index in [2.05, 4.69) is 0 Å². The van der Waals surface area contributed by atoms with Crippen LogP contribution in [0.5, 0.6) is 0 Å². The van der Waals surface area contributed by atoms with E-state index in [1.807, 2.05) is 0 Å². The molecule has 8 heteroatoms. The van der Waals surface area contributed by atoms with Crippen LogP contribution in [0.2, 0.25) is 0 Å². The topological polar surface area (TPSA) is 74.8 Å². The number of hydrogen-bond donors (Lipinski definition) is 0. The number of amides is 4. The van der Waals surface area contributed by atoms with E-state index < -0.39 is 0 Å². The zero-order valence-corrected chi connectivity index (χ0v) is 19.0. The third-order valence-corrected chi connectivity index (χ3v) is 5.69. The van der Waals surface area contributed by atoms with E-state index in [0.717, 1.165) is 11.1 Å². The molecule has 0 unspecified atom stereocenters. The fourth-order valence-electron chi connectivity index (χ4n) is 3.33. The number of carbonyl (C=O) groups excluding carboxylic acids is 4. The average molecular weight is 487 g/mol. The van der Waals surface area contributed by atoms with E-state index in [1.165, 1.54) is 20.9 Å². The fraction of sp³-hybridized carbons (Fsp3) is 0.200. The molecule has 0 bridgehead atoms. The molecule has 2 aromatic carbocycles. The highest BCUT2D eigenvalue weighted by molar-refractivity contribution is 6.26. The summed E-state index contributed by atoms with van der Waals surface area (Å²) >= 11 is 11.1. The molecule has 0 saturated carbocycles. The number of carbonyl (C=O) groups is 4. The Hall–Kier alpha value is -3.22. The molecular weight excluding hydrogens is 463 g/mol. The predicted molar refractivity (Wildman–Crippen MR) is 130 cm³/mol. The Balaban J connectivity index is 0.000000227. The van der Waals surface area contributed by atoms with Crippen molar-refractivity contribution in [2.24, 2.45) is 0 Å². The molecule has 0 saturated heterocycles. The number of imide groups is 2. The molecule has 0 N–H and O–H groups in total. The first-order chi connectivity index (χ1) is 15.3. The summed E-state index contributed by atoms with van der Waals surface area (Å²) in [6, 6.07) is 13.6. The maximum Gasteiger partial charge on any atom is 0.261 e. The molecule has 6 nitrogen and oxygen atoms in total. The summed E-state index contributed by atoms with van der Waals surface area (Å²) in [6.07, 6.45) is 0. The number of halogens is 2. The molecule has 0 fully saturated rings. The highest BCUT2D eigenvalue weighted by Crippen LogP contribution is 2.24. The lowest BCUT2D eigenvalue weighted by molar-refractivity contribution is 0.0653. The van der Waals surface area contributed by atoms with Gasteiger partial charge in [0.15, 0.2) is 0 Å². The van der Waals surface area contributed by atoms with Crippen LogP contribution in [-0.2, 0) is 0 Å². The standard InChI is InChI=1S/2C12H10ClNO2.CH4/c2*1-8(6-13)7-14-11(15)9-4-2-3-5-10(9)12(14)16;/h2*2-6H,7H2,1H3;1H4/b8-6+;8-6-;. The van der Waals surface area contributed by atoms with E-state index in [0.29, 0.717) is 22.3 Å². The molecule has 0 radical (unpaired) electrons. The normalized spacial score (nSPS) is 15.2. The van der Waals surface area contributed by atoms with E-state index in [9.17, 15) is 19.2 Å². The summed E-state index contributed by atoms with van der Waals surface area (Å²) in [7, 11) is 0. The van der Waals surface area contributed by atoms with E-state index in [4.69, 9.17) is 23.2 Å². The SMILES string of the molecule is C.C/C(=C/Cl)CN1C(=O)c2ccccc2C1=O.C/C(=C\Cl)CN1C(=O)c2ccccc2C1=O. The van der Waals surface area contributed by atoms with Gasteiger partial charge in [-0.25, -0.2) is 0 Å². The van der Waals surface area contributed by atoms with Crippen LogP contribution in [0, 0.1) is 0 Å². The summed E-state index contributed by atoms with van der Waals surface area (Å²) in [5.74, 6) is -1.01. The van der Waals surface area contributed by atoms with Crippen LogP contribution in [0.4, 0.5) is 0 Å².